The van der Waals surface area contributed by atoms with Crippen LogP contribution in [0.4, 0.5) is 10.5 Å². The second-order valence-corrected chi connectivity index (χ2v) is 7.45. The Hall–Kier alpha value is -2.93. The highest BCUT2D eigenvalue weighted by atomic mass is 16.7. The van der Waals surface area contributed by atoms with Gasteiger partial charge in [-0.1, -0.05) is 30.3 Å². The molecule has 0 radical (unpaired) electrons. The third-order valence-corrected chi connectivity index (χ3v) is 5.87. The van der Waals surface area contributed by atoms with Crippen LogP contribution in [0.3, 0.4) is 0 Å². The molecule has 1 aliphatic carbocycles. The first-order valence-corrected chi connectivity index (χ1v) is 9.41. The Morgan fingerprint density at radius 3 is 2.39 bits per heavy atom. The minimum Gasteiger partial charge on any atom is -0.434 e. The molecule has 7 nitrogen and oxygen atoms in total. The topological polar surface area (TPSA) is 81.9 Å². The lowest BCUT2D eigenvalue weighted by molar-refractivity contribution is -0.384. The number of likely N-dealkylation sites (tertiary alicyclic amines) is 1. The molecule has 0 aromatic heterocycles. The molecule has 1 saturated heterocycles. The fraction of sp³-hybridized carbons (Fsp3) is 0.381. The summed E-state index contributed by atoms with van der Waals surface area (Å²) in [5, 5.41) is 10.6. The zero-order chi connectivity index (χ0) is 19.7. The van der Waals surface area contributed by atoms with Gasteiger partial charge in [0.25, 0.3) is 5.69 Å². The maximum atomic E-state index is 11.9. The van der Waals surface area contributed by atoms with E-state index in [1.165, 1.54) is 29.8 Å². The van der Waals surface area contributed by atoms with E-state index < -0.39 is 11.1 Å². The molecule has 28 heavy (non-hydrogen) atoms. The van der Waals surface area contributed by atoms with Crippen LogP contribution < -0.4 is 4.74 Å². The van der Waals surface area contributed by atoms with E-state index in [-0.39, 0.29) is 11.4 Å². The first-order chi connectivity index (χ1) is 13.5. The van der Waals surface area contributed by atoms with Gasteiger partial charge in [-0.05, 0) is 36.5 Å². The zero-order valence-corrected chi connectivity index (χ0v) is 15.6. The molecule has 1 unspecified atom stereocenters. The predicted octanol–water partition coefficient (Wildman–Crippen LogP) is 4.05. The quantitative estimate of drug-likeness (QED) is 0.324. The molecule has 1 saturated carbocycles. The van der Waals surface area contributed by atoms with E-state index in [9.17, 15) is 14.9 Å². The molecular weight excluding hydrogens is 360 g/mol. The molecule has 1 heterocycles. The second kappa shape index (κ2) is 7.59. The Balaban J connectivity index is 1.20. The number of nitro benzene ring substituents is 1. The van der Waals surface area contributed by atoms with Crippen molar-refractivity contribution in [3.8, 4) is 5.75 Å². The lowest BCUT2D eigenvalue weighted by atomic mass is 10.1. The molecule has 2 aromatic rings. The number of carbonyl (C=O) groups excluding carboxylic acids is 1. The normalized spacial score (nSPS) is 24.2. The summed E-state index contributed by atoms with van der Waals surface area (Å²) in [6.45, 7) is 4.63. The van der Waals surface area contributed by atoms with Crippen molar-refractivity contribution in [2.24, 2.45) is 17.8 Å². The third-order valence-electron chi connectivity index (χ3n) is 5.87. The number of carbonyl (C=O) groups is 1. The maximum Gasteiger partial charge on any atom is 0.513 e. The zero-order valence-electron chi connectivity index (χ0n) is 15.6. The standard InChI is InChI=1S/C21H22N2O5/c1-14(15-5-3-2-4-6-15)22-11-18-19(12-22)20(18)13-27-21(24)28-17-9-7-16(8-10-17)23(25)26/h2-10,14,18-20H,11-13H2,1H3/t14-,18-,19+,20?/m1/s1. The first-order valence-electron chi connectivity index (χ1n) is 9.41. The molecular formula is C21H22N2O5. The van der Waals surface area contributed by atoms with E-state index in [1.54, 1.807) is 0 Å². The van der Waals surface area contributed by atoms with Crippen LogP contribution in [0, 0.1) is 27.9 Å². The molecule has 146 valence electrons. The molecule has 1 aliphatic heterocycles. The van der Waals surface area contributed by atoms with Gasteiger partial charge in [-0.3, -0.25) is 15.0 Å². The van der Waals surface area contributed by atoms with E-state index in [4.69, 9.17) is 9.47 Å². The van der Waals surface area contributed by atoms with Crippen molar-refractivity contribution in [2.45, 2.75) is 13.0 Å². The van der Waals surface area contributed by atoms with Crippen LogP contribution in [0.2, 0.25) is 0 Å². The van der Waals surface area contributed by atoms with Crippen molar-refractivity contribution in [3.05, 3.63) is 70.3 Å². The van der Waals surface area contributed by atoms with Crippen LogP contribution in [0.1, 0.15) is 18.5 Å². The summed E-state index contributed by atoms with van der Waals surface area (Å²) in [7, 11) is 0. The van der Waals surface area contributed by atoms with Gasteiger partial charge in [-0.2, -0.15) is 0 Å². The van der Waals surface area contributed by atoms with Crippen molar-refractivity contribution < 1.29 is 19.2 Å². The maximum absolute atomic E-state index is 11.9. The lowest BCUT2D eigenvalue weighted by Crippen LogP contribution is -2.28. The summed E-state index contributed by atoms with van der Waals surface area (Å²) in [5.41, 5.74) is 1.27. The molecule has 2 aromatic carbocycles. The number of non-ortho nitro benzene ring substituents is 1. The number of hydrogen-bond acceptors (Lipinski definition) is 6. The van der Waals surface area contributed by atoms with Gasteiger partial charge in [0.15, 0.2) is 0 Å². The fourth-order valence-corrected chi connectivity index (χ4v) is 4.11. The molecule has 2 fully saturated rings. The molecule has 7 heteroatoms. The minimum absolute atomic E-state index is 0.0548. The molecule has 0 N–H and O–H groups in total. The third kappa shape index (κ3) is 3.84. The Bertz CT molecular complexity index is 843. The summed E-state index contributed by atoms with van der Waals surface area (Å²) in [5.74, 6) is 1.76. The smallest absolute Gasteiger partial charge is 0.434 e. The van der Waals surface area contributed by atoms with Crippen molar-refractivity contribution in [3.63, 3.8) is 0 Å². The monoisotopic (exact) mass is 382 g/mol. The van der Waals surface area contributed by atoms with Gasteiger partial charge in [0.05, 0.1) is 11.5 Å². The average molecular weight is 382 g/mol. The minimum atomic E-state index is -0.770. The second-order valence-electron chi connectivity index (χ2n) is 7.45. The number of piperidine rings is 1. The molecule has 0 spiro atoms. The summed E-state index contributed by atoms with van der Waals surface area (Å²) >= 11 is 0. The molecule has 2 aliphatic rings. The van der Waals surface area contributed by atoms with Crippen LogP contribution in [-0.2, 0) is 4.74 Å². The number of benzene rings is 2. The average Bonchev–Trinajstić information content (AvgIpc) is 3.15. The van der Waals surface area contributed by atoms with Crippen molar-refractivity contribution in [1.29, 1.82) is 0 Å². The van der Waals surface area contributed by atoms with Crippen molar-refractivity contribution in [1.82, 2.24) is 4.90 Å². The number of hydrogen-bond donors (Lipinski definition) is 0. The lowest BCUT2D eigenvalue weighted by Gasteiger charge is -2.27. The number of ether oxygens (including phenoxy) is 2. The Morgan fingerprint density at radius 2 is 1.79 bits per heavy atom. The SMILES string of the molecule is C[C@H](c1ccccc1)N1C[C@@H]2C(COC(=O)Oc3ccc([N+](=O)[O-])cc3)[C@@H]2C1. The number of rotatable bonds is 6. The van der Waals surface area contributed by atoms with Crippen LogP contribution in [0.5, 0.6) is 5.75 Å². The largest absolute Gasteiger partial charge is 0.513 e. The van der Waals surface area contributed by atoms with Gasteiger partial charge in [0.1, 0.15) is 5.75 Å². The molecule has 4 rings (SSSR count). The number of nitro groups is 1. The Labute approximate surface area is 163 Å². The highest BCUT2D eigenvalue weighted by molar-refractivity contribution is 5.64. The van der Waals surface area contributed by atoms with Crippen LogP contribution >= 0.6 is 0 Å². The van der Waals surface area contributed by atoms with Crippen LogP contribution in [0.25, 0.3) is 0 Å². The molecule has 0 amide bonds. The fourth-order valence-electron chi connectivity index (χ4n) is 4.11. The number of fused-ring (bicyclic) bond motifs is 1. The van der Waals surface area contributed by atoms with E-state index in [2.05, 4.69) is 36.1 Å². The van der Waals surface area contributed by atoms with E-state index in [0.29, 0.717) is 30.4 Å². The van der Waals surface area contributed by atoms with Gasteiger partial charge in [0.2, 0.25) is 0 Å². The Morgan fingerprint density at radius 1 is 1.14 bits per heavy atom. The van der Waals surface area contributed by atoms with Crippen molar-refractivity contribution in [2.75, 3.05) is 19.7 Å². The summed E-state index contributed by atoms with van der Waals surface area (Å²) in [6.07, 6.45) is -0.770. The predicted molar refractivity (Wildman–Crippen MR) is 102 cm³/mol. The Kier molecular flexibility index (Phi) is 5.00. The first kappa shape index (κ1) is 18.4. The van der Waals surface area contributed by atoms with Crippen molar-refractivity contribution >= 4 is 11.8 Å². The number of nitrogens with zero attached hydrogens (tertiary/aromatic N) is 2. The highest BCUT2D eigenvalue weighted by Gasteiger charge is 2.56. The van der Waals surface area contributed by atoms with Gasteiger partial charge in [-0.15, -0.1) is 0 Å². The van der Waals surface area contributed by atoms with Crippen LogP contribution in [-0.4, -0.2) is 35.7 Å². The molecule has 0 bridgehead atoms. The summed E-state index contributed by atoms with van der Waals surface area (Å²) in [4.78, 5) is 24.5. The van der Waals surface area contributed by atoms with Gasteiger partial charge < -0.3 is 9.47 Å². The van der Waals surface area contributed by atoms with E-state index in [0.717, 1.165) is 13.1 Å². The summed E-state index contributed by atoms with van der Waals surface area (Å²) in [6, 6.07) is 16.2. The van der Waals surface area contributed by atoms with Crippen LogP contribution in [0.15, 0.2) is 54.6 Å². The summed E-state index contributed by atoms with van der Waals surface area (Å²) < 4.78 is 10.3. The van der Waals surface area contributed by atoms with E-state index >= 15 is 0 Å². The van der Waals surface area contributed by atoms with Gasteiger partial charge in [-0.25, -0.2) is 4.79 Å². The van der Waals surface area contributed by atoms with Gasteiger partial charge in [0, 0.05) is 37.2 Å². The van der Waals surface area contributed by atoms with Gasteiger partial charge >= 0.3 is 6.16 Å². The highest BCUT2D eigenvalue weighted by Crippen LogP contribution is 2.53. The van der Waals surface area contributed by atoms with E-state index in [1.807, 2.05) is 6.07 Å². The molecule has 4 atom stereocenters.